The monoisotopic (exact) mass is 237 g/mol. The molecule has 0 fully saturated rings. The zero-order chi connectivity index (χ0) is 12.0. The molecule has 1 unspecified atom stereocenters. The summed E-state index contributed by atoms with van der Waals surface area (Å²) in [5.41, 5.74) is 1.92. The van der Waals surface area contributed by atoms with E-state index in [2.05, 4.69) is 13.2 Å². The van der Waals surface area contributed by atoms with E-state index >= 15 is 0 Å². The summed E-state index contributed by atoms with van der Waals surface area (Å²) < 4.78 is 15.5. The average molecular weight is 237 g/mol. The predicted molar refractivity (Wildman–Crippen MR) is 64.7 cm³/mol. The molecule has 0 radical (unpaired) electrons. The van der Waals surface area contributed by atoms with Crippen LogP contribution in [0.1, 0.15) is 11.1 Å². The highest BCUT2D eigenvalue weighted by Crippen LogP contribution is 2.30. The zero-order valence-corrected chi connectivity index (χ0v) is 9.82. The molecule has 1 aromatic carbocycles. The minimum absolute atomic E-state index is 0.433. The van der Waals surface area contributed by atoms with Crippen molar-refractivity contribution in [3.05, 3.63) is 54.6 Å². The molecule has 4 heteroatoms. The molecule has 0 bridgehead atoms. The maximum Gasteiger partial charge on any atom is 0.747 e. The molecule has 0 aliphatic heterocycles. The van der Waals surface area contributed by atoms with Gasteiger partial charge in [-0.25, -0.2) is 4.52 Å². The van der Waals surface area contributed by atoms with Crippen molar-refractivity contribution in [3.8, 4) is 5.75 Å². The number of benzene rings is 1. The second-order valence-corrected chi connectivity index (χ2v) is 3.87. The van der Waals surface area contributed by atoms with Gasteiger partial charge in [0.2, 0.25) is 0 Å². The van der Waals surface area contributed by atoms with Gasteiger partial charge >= 0.3 is 8.25 Å². The van der Waals surface area contributed by atoms with Crippen LogP contribution in [-0.4, -0.2) is 4.89 Å². The quantitative estimate of drug-likeness (QED) is 0.610. The average Bonchev–Trinajstić information content (AvgIpc) is 2.22. The van der Waals surface area contributed by atoms with Crippen LogP contribution in [0.25, 0.3) is 0 Å². The summed E-state index contributed by atoms with van der Waals surface area (Å²) in [7, 11) is -2.64. The molecule has 84 valence electrons. The van der Waals surface area contributed by atoms with Crippen molar-refractivity contribution < 1.29 is 14.0 Å². The van der Waals surface area contributed by atoms with E-state index in [9.17, 15) is 4.57 Å². The molecule has 16 heavy (non-hydrogen) atoms. The van der Waals surface area contributed by atoms with Crippen LogP contribution in [0, 0.1) is 0 Å². The molecule has 0 saturated carbocycles. The summed E-state index contributed by atoms with van der Waals surface area (Å²) in [6, 6.07) is 5.41. The Morgan fingerprint density at radius 2 is 2.00 bits per heavy atom. The van der Waals surface area contributed by atoms with Crippen molar-refractivity contribution in [2.75, 3.05) is 0 Å². The topological polar surface area (TPSA) is 46.5 Å². The molecule has 1 atom stereocenters. The molecule has 0 aliphatic carbocycles. The minimum atomic E-state index is -2.64. The SMILES string of the molecule is C=CCc1cccc(O[P+](=O)O)c1CC=C. The van der Waals surface area contributed by atoms with Gasteiger partial charge in [-0.3, -0.25) is 0 Å². The molecule has 0 spiro atoms. The standard InChI is InChI=1S/C12H13O3P/c1-3-6-10-8-5-9-12(15-16(13)14)11(10)7-4-2/h3-5,8-9H,1-2,6-7H2/p+1. The summed E-state index contributed by atoms with van der Waals surface area (Å²) >= 11 is 0. The zero-order valence-electron chi connectivity index (χ0n) is 8.93. The van der Waals surface area contributed by atoms with E-state index in [1.807, 2.05) is 6.07 Å². The maximum atomic E-state index is 10.7. The molecule has 0 aromatic heterocycles. The second-order valence-electron chi connectivity index (χ2n) is 3.21. The maximum absolute atomic E-state index is 10.7. The lowest BCUT2D eigenvalue weighted by Crippen LogP contribution is -1.95. The van der Waals surface area contributed by atoms with E-state index in [4.69, 9.17) is 9.42 Å². The first-order chi connectivity index (χ1) is 7.69. The Balaban J connectivity index is 3.13. The van der Waals surface area contributed by atoms with Gasteiger partial charge in [-0.2, -0.15) is 0 Å². The summed E-state index contributed by atoms with van der Waals surface area (Å²) in [5.74, 6) is 0.433. The van der Waals surface area contributed by atoms with Crippen LogP contribution in [0.2, 0.25) is 0 Å². The number of rotatable bonds is 6. The van der Waals surface area contributed by atoms with E-state index in [0.29, 0.717) is 18.6 Å². The third kappa shape index (κ3) is 3.30. The van der Waals surface area contributed by atoms with Crippen LogP contribution in [0.15, 0.2) is 43.5 Å². The van der Waals surface area contributed by atoms with Crippen LogP contribution in [-0.2, 0) is 17.4 Å². The van der Waals surface area contributed by atoms with Crippen molar-refractivity contribution >= 4 is 8.25 Å². The van der Waals surface area contributed by atoms with Crippen LogP contribution >= 0.6 is 8.25 Å². The highest BCUT2D eigenvalue weighted by Gasteiger charge is 2.18. The van der Waals surface area contributed by atoms with Gasteiger partial charge in [0.05, 0.1) is 0 Å². The Labute approximate surface area is 96.0 Å². The van der Waals surface area contributed by atoms with E-state index in [1.165, 1.54) is 0 Å². The minimum Gasteiger partial charge on any atom is -0.229 e. The van der Waals surface area contributed by atoms with Gasteiger partial charge in [0.25, 0.3) is 0 Å². The number of allylic oxidation sites excluding steroid dienone is 2. The summed E-state index contributed by atoms with van der Waals surface area (Å²) in [5, 5.41) is 0. The van der Waals surface area contributed by atoms with Crippen LogP contribution in [0.4, 0.5) is 0 Å². The normalized spacial score (nSPS) is 10.7. The van der Waals surface area contributed by atoms with Gasteiger partial charge in [0.15, 0.2) is 5.75 Å². The Kier molecular flexibility index (Phi) is 4.90. The third-order valence-corrected chi connectivity index (χ3v) is 2.47. The van der Waals surface area contributed by atoms with Crippen molar-refractivity contribution in [2.24, 2.45) is 0 Å². The van der Waals surface area contributed by atoms with E-state index in [1.54, 1.807) is 24.3 Å². The van der Waals surface area contributed by atoms with Gasteiger partial charge in [-0.15, -0.1) is 18.1 Å². The fraction of sp³-hybridized carbons (Fsp3) is 0.167. The second kappa shape index (κ2) is 6.21. The van der Waals surface area contributed by atoms with Crippen molar-refractivity contribution in [1.29, 1.82) is 0 Å². The van der Waals surface area contributed by atoms with Gasteiger partial charge < -0.3 is 0 Å². The van der Waals surface area contributed by atoms with Gasteiger partial charge in [-0.1, -0.05) is 24.3 Å². The smallest absolute Gasteiger partial charge is 0.229 e. The van der Waals surface area contributed by atoms with Crippen molar-refractivity contribution in [1.82, 2.24) is 0 Å². The molecular weight excluding hydrogens is 223 g/mol. The highest BCUT2D eigenvalue weighted by molar-refractivity contribution is 7.32. The largest absolute Gasteiger partial charge is 0.747 e. The Bertz CT molecular complexity index is 413. The molecule has 0 aliphatic rings. The summed E-state index contributed by atoms with van der Waals surface area (Å²) in [6.07, 6.45) is 4.81. The lowest BCUT2D eigenvalue weighted by molar-refractivity contribution is 0.409. The van der Waals surface area contributed by atoms with Gasteiger partial charge in [-0.05, 0) is 24.5 Å². The van der Waals surface area contributed by atoms with E-state index in [-0.39, 0.29) is 0 Å². The van der Waals surface area contributed by atoms with Crippen LogP contribution in [0.5, 0.6) is 5.75 Å². The third-order valence-electron chi connectivity index (χ3n) is 2.12. The van der Waals surface area contributed by atoms with Gasteiger partial charge in [0, 0.05) is 10.1 Å². The Hall–Kier alpha value is -1.44. The first-order valence-corrected chi connectivity index (χ1v) is 5.98. The van der Waals surface area contributed by atoms with Crippen LogP contribution in [0.3, 0.4) is 0 Å². The van der Waals surface area contributed by atoms with E-state index < -0.39 is 8.25 Å². The predicted octanol–water partition coefficient (Wildman–Crippen LogP) is 3.17. The molecule has 3 nitrogen and oxygen atoms in total. The number of hydrogen-bond donors (Lipinski definition) is 1. The van der Waals surface area contributed by atoms with Gasteiger partial charge in [0.1, 0.15) is 0 Å². The molecule has 1 N–H and O–H groups in total. The molecule has 0 heterocycles. The lowest BCUT2D eigenvalue weighted by atomic mass is 10.0. The number of hydrogen-bond acceptors (Lipinski definition) is 2. The Morgan fingerprint density at radius 1 is 1.31 bits per heavy atom. The molecule has 0 amide bonds. The fourth-order valence-electron chi connectivity index (χ4n) is 1.50. The highest BCUT2D eigenvalue weighted by atomic mass is 31.1. The summed E-state index contributed by atoms with van der Waals surface area (Å²) in [4.78, 5) is 8.76. The Morgan fingerprint density at radius 3 is 2.56 bits per heavy atom. The molecule has 1 aromatic rings. The van der Waals surface area contributed by atoms with E-state index in [0.717, 1.165) is 11.1 Å². The lowest BCUT2D eigenvalue weighted by Gasteiger charge is -2.07. The first kappa shape index (κ1) is 12.6. The van der Waals surface area contributed by atoms with Crippen LogP contribution < -0.4 is 4.52 Å². The fourth-order valence-corrected chi connectivity index (χ4v) is 1.84. The summed E-state index contributed by atoms with van der Waals surface area (Å²) in [6.45, 7) is 7.33. The molecular formula is C12H14O3P+. The first-order valence-electron chi connectivity index (χ1n) is 4.85. The van der Waals surface area contributed by atoms with Crippen molar-refractivity contribution in [3.63, 3.8) is 0 Å². The van der Waals surface area contributed by atoms with Crippen molar-refractivity contribution in [2.45, 2.75) is 12.8 Å². The molecule has 1 rings (SSSR count). The molecule has 0 saturated heterocycles.